The monoisotopic (exact) mass is 255 g/mol. The number of carbonyl (C=O) groups is 1. The van der Waals surface area contributed by atoms with E-state index >= 15 is 0 Å². The number of hydrogen-bond acceptors (Lipinski definition) is 7. The van der Waals surface area contributed by atoms with Crippen LogP contribution in [-0.2, 0) is 9.47 Å². The summed E-state index contributed by atoms with van der Waals surface area (Å²) in [5.74, 6) is -0.0422. The molecule has 0 radical (unpaired) electrons. The van der Waals surface area contributed by atoms with E-state index in [4.69, 9.17) is 9.84 Å². The highest BCUT2D eigenvalue weighted by Crippen LogP contribution is 2.09. The molecule has 0 aliphatic carbocycles. The second kappa shape index (κ2) is 7.57. The molecule has 1 heterocycles. The lowest BCUT2D eigenvalue weighted by atomic mass is 10.4. The predicted molar refractivity (Wildman–Crippen MR) is 64.5 cm³/mol. The van der Waals surface area contributed by atoms with Crippen molar-refractivity contribution in [2.24, 2.45) is 0 Å². The molecule has 0 amide bonds. The highest BCUT2D eigenvalue weighted by molar-refractivity contribution is 5.85. The number of carbonyl (C=O) groups excluding carboxylic acids is 1. The second-order valence-electron chi connectivity index (χ2n) is 3.43. The lowest BCUT2D eigenvalue weighted by Gasteiger charge is -2.22. The Morgan fingerprint density at radius 2 is 2.22 bits per heavy atom. The molecule has 1 N–H and O–H groups in total. The van der Waals surface area contributed by atoms with Crippen LogP contribution in [0.15, 0.2) is 12.3 Å². The molecule has 1 aromatic rings. The van der Waals surface area contributed by atoms with Gasteiger partial charge >= 0.3 is 5.97 Å². The smallest absolute Gasteiger partial charge is 0.376 e. The van der Waals surface area contributed by atoms with Crippen molar-refractivity contribution in [2.75, 3.05) is 45.4 Å². The van der Waals surface area contributed by atoms with E-state index in [0.717, 1.165) is 0 Å². The number of aliphatic hydroxyl groups excluding tert-OH is 1. The van der Waals surface area contributed by atoms with Crippen LogP contribution in [0.25, 0.3) is 0 Å². The van der Waals surface area contributed by atoms with Crippen molar-refractivity contribution in [3.05, 3.63) is 18.1 Å². The van der Waals surface area contributed by atoms with Gasteiger partial charge in [0.2, 0.25) is 5.82 Å². The Hall–Kier alpha value is -1.73. The summed E-state index contributed by atoms with van der Waals surface area (Å²) in [6, 6.07) is 1.66. The third-order valence-electron chi connectivity index (χ3n) is 2.27. The summed E-state index contributed by atoms with van der Waals surface area (Å²) >= 11 is 0. The first kappa shape index (κ1) is 14.3. The van der Waals surface area contributed by atoms with E-state index in [9.17, 15) is 4.79 Å². The van der Waals surface area contributed by atoms with Crippen molar-refractivity contribution in [1.29, 1.82) is 0 Å². The molecule has 0 spiro atoms. The molecule has 0 aromatic carbocycles. The molecular formula is C11H17N3O4. The minimum Gasteiger partial charge on any atom is -0.463 e. The van der Waals surface area contributed by atoms with Crippen LogP contribution < -0.4 is 4.90 Å². The van der Waals surface area contributed by atoms with Gasteiger partial charge in [0.15, 0.2) is 0 Å². The van der Waals surface area contributed by atoms with Crippen LogP contribution in [0.3, 0.4) is 0 Å². The molecule has 0 fully saturated rings. The van der Waals surface area contributed by atoms with Crippen LogP contribution in [0.4, 0.5) is 5.82 Å². The molecule has 0 saturated carbocycles. The Labute approximate surface area is 105 Å². The lowest BCUT2D eigenvalue weighted by molar-refractivity contribution is 0.0587. The predicted octanol–water partition coefficient (Wildman–Crippen LogP) is -0.292. The summed E-state index contributed by atoms with van der Waals surface area (Å²) in [5, 5.41) is 9.00. The van der Waals surface area contributed by atoms with Crippen molar-refractivity contribution in [1.82, 2.24) is 9.97 Å². The summed E-state index contributed by atoms with van der Waals surface area (Å²) in [5.41, 5.74) is 0. The van der Waals surface area contributed by atoms with Gasteiger partial charge < -0.3 is 19.5 Å². The molecule has 0 saturated heterocycles. The van der Waals surface area contributed by atoms with Crippen molar-refractivity contribution >= 4 is 11.8 Å². The van der Waals surface area contributed by atoms with Crippen LogP contribution in [-0.4, -0.2) is 61.6 Å². The Kier molecular flexibility index (Phi) is 6.03. The van der Waals surface area contributed by atoms with Crippen molar-refractivity contribution in [2.45, 2.75) is 0 Å². The quantitative estimate of drug-likeness (QED) is 0.670. The Morgan fingerprint density at radius 1 is 1.44 bits per heavy atom. The molecule has 0 aliphatic heterocycles. The summed E-state index contributed by atoms with van der Waals surface area (Å²) < 4.78 is 9.54. The van der Waals surface area contributed by atoms with E-state index in [1.54, 1.807) is 18.1 Å². The van der Waals surface area contributed by atoms with Crippen LogP contribution in [0.1, 0.15) is 10.6 Å². The topological polar surface area (TPSA) is 84.8 Å². The first-order valence-corrected chi connectivity index (χ1v) is 5.49. The fourth-order valence-corrected chi connectivity index (χ4v) is 1.38. The molecule has 100 valence electrons. The van der Waals surface area contributed by atoms with Gasteiger partial charge in [-0.2, -0.15) is 0 Å². The van der Waals surface area contributed by atoms with Gasteiger partial charge in [-0.1, -0.05) is 0 Å². The molecule has 0 unspecified atom stereocenters. The lowest BCUT2D eigenvalue weighted by Crippen LogP contribution is -2.31. The van der Waals surface area contributed by atoms with Gasteiger partial charge in [-0.25, -0.2) is 14.8 Å². The van der Waals surface area contributed by atoms with Crippen molar-refractivity contribution in [3.8, 4) is 0 Å². The van der Waals surface area contributed by atoms with Gasteiger partial charge in [0.25, 0.3) is 0 Å². The molecule has 18 heavy (non-hydrogen) atoms. The second-order valence-corrected chi connectivity index (χ2v) is 3.43. The van der Waals surface area contributed by atoms with E-state index < -0.39 is 5.97 Å². The Balaban J connectivity index is 2.86. The maximum absolute atomic E-state index is 11.3. The van der Waals surface area contributed by atoms with E-state index in [2.05, 4.69) is 14.7 Å². The van der Waals surface area contributed by atoms with E-state index in [-0.39, 0.29) is 12.4 Å². The molecule has 7 heteroatoms. The highest BCUT2D eigenvalue weighted by Gasteiger charge is 2.13. The van der Waals surface area contributed by atoms with Crippen LogP contribution in [0.5, 0.6) is 0 Å². The van der Waals surface area contributed by atoms with Crippen LogP contribution in [0, 0.1) is 0 Å². The third-order valence-corrected chi connectivity index (χ3v) is 2.27. The number of anilines is 1. The summed E-state index contributed by atoms with van der Waals surface area (Å²) in [6.07, 6.45) is 1.48. The molecule has 0 atom stereocenters. The number of nitrogens with zero attached hydrogens (tertiary/aromatic N) is 3. The van der Waals surface area contributed by atoms with Gasteiger partial charge in [-0.15, -0.1) is 0 Å². The van der Waals surface area contributed by atoms with E-state index in [0.29, 0.717) is 25.5 Å². The molecule has 1 rings (SSSR count). The zero-order chi connectivity index (χ0) is 13.4. The van der Waals surface area contributed by atoms with Crippen molar-refractivity contribution < 1.29 is 19.4 Å². The number of aromatic nitrogens is 2. The normalized spacial score (nSPS) is 10.2. The molecule has 7 nitrogen and oxygen atoms in total. The Morgan fingerprint density at radius 3 is 2.83 bits per heavy atom. The first-order chi connectivity index (χ1) is 8.72. The number of ether oxygens (including phenoxy) is 2. The average Bonchev–Trinajstić information content (AvgIpc) is 2.42. The van der Waals surface area contributed by atoms with Gasteiger partial charge in [-0.05, 0) is 6.07 Å². The minimum absolute atomic E-state index is 0.00430. The summed E-state index contributed by atoms with van der Waals surface area (Å²) in [6.45, 7) is 1.45. The van der Waals surface area contributed by atoms with Crippen molar-refractivity contribution in [3.63, 3.8) is 0 Å². The van der Waals surface area contributed by atoms with Gasteiger partial charge in [0, 0.05) is 26.4 Å². The fraction of sp³-hybridized carbons (Fsp3) is 0.545. The average molecular weight is 255 g/mol. The number of methoxy groups -OCH3 is 2. The van der Waals surface area contributed by atoms with Gasteiger partial charge in [-0.3, -0.25) is 0 Å². The largest absolute Gasteiger partial charge is 0.463 e. The number of rotatable bonds is 7. The fourth-order valence-electron chi connectivity index (χ4n) is 1.38. The summed E-state index contributed by atoms with van der Waals surface area (Å²) in [4.78, 5) is 21.0. The molecule has 1 aromatic heterocycles. The van der Waals surface area contributed by atoms with Gasteiger partial charge in [0.1, 0.15) is 5.82 Å². The number of esters is 1. The third kappa shape index (κ3) is 3.94. The summed E-state index contributed by atoms with van der Waals surface area (Å²) in [7, 11) is 2.87. The maximum Gasteiger partial charge on any atom is 0.376 e. The SMILES string of the molecule is COCCN(CCO)c1ccnc(C(=O)OC)n1. The maximum atomic E-state index is 11.3. The zero-order valence-electron chi connectivity index (χ0n) is 10.5. The molecular weight excluding hydrogens is 238 g/mol. The number of hydrogen-bond donors (Lipinski definition) is 1. The van der Waals surface area contributed by atoms with Gasteiger partial charge in [0.05, 0.1) is 20.3 Å². The van der Waals surface area contributed by atoms with Crippen LogP contribution in [0.2, 0.25) is 0 Å². The minimum atomic E-state index is -0.590. The zero-order valence-corrected chi connectivity index (χ0v) is 10.5. The number of aliphatic hydroxyl groups is 1. The first-order valence-electron chi connectivity index (χ1n) is 5.49. The standard InChI is InChI=1S/C11H17N3O4/c1-17-8-6-14(5-7-15)9-3-4-12-10(13-9)11(16)18-2/h3-4,15H,5-8H2,1-2H3. The highest BCUT2D eigenvalue weighted by atomic mass is 16.5. The molecule has 0 aliphatic rings. The van der Waals surface area contributed by atoms with Crippen LogP contribution >= 0.6 is 0 Å². The van der Waals surface area contributed by atoms with E-state index in [1.807, 2.05) is 0 Å². The molecule has 0 bridgehead atoms. The van der Waals surface area contributed by atoms with E-state index in [1.165, 1.54) is 13.3 Å². The Bertz CT molecular complexity index is 386.